The maximum Gasteiger partial charge on any atom is 0.227 e. The summed E-state index contributed by atoms with van der Waals surface area (Å²) in [5.74, 6) is 0.798. The number of benzene rings is 1. The fourth-order valence-electron chi connectivity index (χ4n) is 2.26. The average molecular weight is 362 g/mol. The van der Waals surface area contributed by atoms with Crippen molar-refractivity contribution in [3.8, 4) is 5.75 Å². The molecule has 1 aromatic carbocycles. The number of fused-ring (bicyclic) bond motifs is 1. The molecule has 2 aromatic heterocycles. The summed E-state index contributed by atoms with van der Waals surface area (Å²) < 4.78 is 8.89. The highest BCUT2D eigenvalue weighted by Crippen LogP contribution is 2.12. The Morgan fingerprint density at radius 3 is 2.68 bits per heavy atom. The first-order valence-corrected chi connectivity index (χ1v) is 6.65. The molecular weight excluding hydrogens is 346 g/mol. The van der Waals surface area contributed by atoms with Crippen LogP contribution in [0.25, 0.3) is 11.0 Å². The molecule has 0 saturated heterocycles. The molecule has 0 amide bonds. The molecule has 0 fully saturated rings. The third kappa shape index (κ3) is 3.17. The number of hydrogen-bond donors (Lipinski definition) is 0. The molecule has 0 aliphatic carbocycles. The summed E-state index contributed by atoms with van der Waals surface area (Å²) in [6, 6.07) is 9.10. The fraction of sp³-hybridized carbons (Fsp3) is 0.188. The van der Waals surface area contributed by atoms with Gasteiger partial charge in [-0.2, -0.15) is 4.57 Å². The van der Waals surface area contributed by atoms with E-state index in [2.05, 4.69) is 4.98 Å². The number of aryl methyl sites for hydroxylation is 1. The SMILES string of the molecule is COc1ccc(C(=O)C[n+]2ccc3c(c2)ncn3C)cc1.[Br-]. The first-order chi connectivity index (χ1) is 10.2. The summed E-state index contributed by atoms with van der Waals surface area (Å²) in [7, 11) is 3.55. The smallest absolute Gasteiger partial charge is 0.227 e. The number of carbonyl (C=O) groups excluding carboxylic acids is 1. The highest BCUT2D eigenvalue weighted by atomic mass is 79.9. The van der Waals surface area contributed by atoms with Gasteiger partial charge in [0.15, 0.2) is 17.9 Å². The van der Waals surface area contributed by atoms with E-state index in [9.17, 15) is 4.79 Å². The molecule has 0 N–H and O–H groups in total. The van der Waals surface area contributed by atoms with Crippen molar-refractivity contribution in [2.24, 2.45) is 7.05 Å². The van der Waals surface area contributed by atoms with Gasteiger partial charge in [-0.05, 0) is 24.3 Å². The number of rotatable bonds is 4. The number of ketones is 1. The van der Waals surface area contributed by atoms with Crippen LogP contribution in [0, 0.1) is 0 Å². The van der Waals surface area contributed by atoms with Crippen LogP contribution in [0.5, 0.6) is 5.75 Å². The Kier molecular flexibility index (Phi) is 4.92. The molecule has 0 spiro atoms. The van der Waals surface area contributed by atoms with E-state index in [1.54, 1.807) is 37.7 Å². The van der Waals surface area contributed by atoms with Gasteiger partial charge in [-0.3, -0.25) is 4.79 Å². The van der Waals surface area contributed by atoms with E-state index in [1.165, 1.54) is 0 Å². The van der Waals surface area contributed by atoms with Gasteiger partial charge in [0.1, 0.15) is 5.75 Å². The zero-order valence-corrected chi connectivity index (χ0v) is 13.9. The Bertz CT molecular complexity index is 797. The topological polar surface area (TPSA) is 48.0 Å². The molecule has 0 unspecified atom stereocenters. The molecule has 0 saturated carbocycles. The van der Waals surface area contributed by atoms with Crippen molar-refractivity contribution in [2.45, 2.75) is 6.54 Å². The number of aromatic nitrogens is 3. The first kappa shape index (κ1) is 16.2. The summed E-state index contributed by atoms with van der Waals surface area (Å²) in [5.41, 5.74) is 2.59. The van der Waals surface area contributed by atoms with Gasteiger partial charge in [0.2, 0.25) is 12.3 Å². The van der Waals surface area contributed by atoms with Gasteiger partial charge in [-0.1, -0.05) is 0 Å². The molecule has 5 nitrogen and oxygen atoms in total. The van der Waals surface area contributed by atoms with Crippen LogP contribution in [0.1, 0.15) is 10.4 Å². The van der Waals surface area contributed by atoms with Crippen molar-refractivity contribution in [1.82, 2.24) is 9.55 Å². The minimum Gasteiger partial charge on any atom is -1.00 e. The molecule has 2 heterocycles. The lowest BCUT2D eigenvalue weighted by atomic mass is 10.1. The van der Waals surface area contributed by atoms with E-state index < -0.39 is 0 Å². The minimum atomic E-state index is 0. The molecule has 114 valence electrons. The summed E-state index contributed by atoms with van der Waals surface area (Å²) in [6.07, 6.45) is 5.54. The van der Waals surface area contributed by atoms with Crippen LogP contribution in [0.3, 0.4) is 0 Å². The third-order valence-corrected chi connectivity index (χ3v) is 3.46. The van der Waals surface area contributed by atoms with Crippen molar-refractivity contribution in [1.29, 1.82) is 0 Å². The second kappa shape index (κ2) is 6.70. The maximum absolute atomic E-state index is 12.3. The van der Waals surface area contributed by atoms with E-state index in [0.29, 0.717) is 12.1 Å². The van der Waals surface area contributed by atoms with E-state index >= 15 is 0 Å². The van der Waals surface area contributed by atoms with Crippen LogP contribution in [0.15, 0.2) is 49.1 Å². The summed E-state index contributed by atoms with van der Waals surface area (Å²) >= 11 is 0. The van der Waals surface area contributed by atoms with Gasteiger partial charge in [0, 0.05) is 18.7 Å². The minimum absolute atomic E-state index is 0. The predicted molar refractivity (Wildman–Crippen MR) is 78.2 cm³/mol. The van der Waals surface area contributed by atoms with Crippen LogP contribution in [-0.2, 0) is 13.6 Å². The van der Waals surface area contributed by atoms with Gasteiger partial charge < -0.3 is 26.3 Å². The number of hydrogen-bond acceptors (Lipinski definition) is 3. The lowest BCUT2D eigenvalue weighted by Gasteiger charge is -2.01. The third-order valence-electron chi connectivity index (χ3n) is 3.46. The number of carbonyl (C=O) groups is 1. The number of pyridine rings is 1. The Morgan fingerprint density at radius 1 is 1.27 bits per heavy atom. The first-order valence-electron chi connectivity index (χ1n) is 6.65. The van der Waals surface area contributed by atoms with Gasteiger partial charge >= 0.3 is 0 Å². The fourth-order valence-corrected chi connectivity index (χ4v) is 2.26. The number of methoxy groups -OCH3 is 1. The Hall–Kier alpha value is -2.21. The van der Waals surface area contributed by atoms with Gasteiger partial charge in [0.05, 0.1) is 19.0 Å². The summed E-state index contributed by atoms with van der Waals surface area (Å²) in [6.45, 7) is 0.291. The van der Waals surface area contributed by atoms with Crippen LogP contribution in [0.4, 0.5) is 0 Å². The summed E-state index contributed by atoms with van der Waals surface area (Å²) in [5, 5.41) is 0. The van der Waals surface area contributed by atoms with Crippen molar-refractivity contribution in [2.75, 3.05) is 7.11 Å². The molecular formula is C16H16BrN3O2. The van der Waals surface area contributed by atoms with Gasteiger partial charge in [0.25, 0.3) is 0 Å². The summed E-state index contributed by atoms with van der Waals surface area (Å²) in [4.78, 5) is 16.6. The Balaban J connectivity index is 0.00000176. The molecule has 0 aliphatic rings. The van der Waals surface area contributed by atoms with Crippen molar-refractivity contribution >= 4 is 16.8 Å². The number of nitrogens with zero attached hydrogens (tertiary/aromatic N) is 3. The van der Waals surface area contributed by atoms with E-state index in [-0.39, 0.29) is 22.8 Å². The van der Waals surface area contributed by atoms with Crippen LogP contribution >= 0.6 is 0 Å². The lowest BCUT2D eigenvalue weighted by Crippen LogP contribution is -3.00. The average Bonchev–Trinajstić information content (AvgIpc) is 2.88. The van der Waals surface area contributed by atoms with Crippen molar-refractivity contribution in [3.05, 3.63) is 54.6 Å². The molecule has 22 heavy (non-hydrogen) atoms. The Labute approximate surface area is 138 Å². The van der Waals surface area contributed by atoms with Crippen LogP contribution in [0.2, 0.25) is 0 Å². The second-order valence-corrected chi connectivity index (χ2v) is 4.89. The standard InChI is InChI=1S/C16H16N3O2.BrH/c1-18-11-17-14-9-19(8-7-15(14)18)10-16(20)12-3-5-13(21-2)6-4-12;/h3-9,11H,10H2,1-2H3;1H/q+1;/p-1. The Morgan fingerprint density at radius 2 is 2.00 bits per heavy atom. The number of halogens is 1. The highest BCUT2D eigenvalue weighted by molar-refractivity contribution is 5.95. The number of imidazole rings is 1. The van der Waals surface area contributed by atoms with Crippen molar-refractivity contribution in [3.63, 3.8) is 0 Å². The molecule has 3 rings (SSSR count). The van der Waals surface area contributed by atoms with Gasteiger partial charge in [-0.25, -0.2) is 4.98 Å². The number of ether oxygens (including phenoxy) is 1. The zero-order chi connectivity index (χ0) is 14.8. The number of Topliss-reactive ketones (excluding diaryl/α,β-unsaturated/α-hetero) is 1. The highest BCUT2D eigenvalue weighted by Gasteiger charge is 2.14. The molecule has 0 atom stereocenters. The predicted octanol–water partition coefficient (Wildman–Crippen LogP) is -1.24. The quantitative estimate of drug-likeness (QED) is 0.431. The molecule has 6 heteroatoms. The van der Waals surface area contributed by atoms with Crippen LogP contribution < -0.4 is 26.3 Å². The molecule has 0 radical (unpaired) electrons. The normalized spacial score (nSPS) is 10.3. The van der Waals surface area contributed by atoms with E-state index in [1.807, 2.05) is 34.6 Å². The lowest BCUT2D eigenvalue weighted by molar-refractivity contribution is -0.681. The molecule has 0 bridgehead atoms. The van der Waals surface area contributed by atoms with E-state index in [4.69, 9.17) is 4.74 Å². The largest absolute Gasteiger partial charge is 1.00 e. The van der Waals surface area contributed by atoms with Crippen LogP contribution in [-0.4, -0.2) is 22.4 Å². The molecule has 0 aliphatic heterocycles. The maximum atomic E-state index is 12.3. The molecule has 3 aromatic rings. The monoisotopic (exact) mass is 361 g/mol. The van der Waals surface area contributed by atoms with Gasteiger partial charge in [-0.15, -0.1) is 0 Å². The second-order valence-electron chi connectivity index (χ2n) is 4.89. The van der Waals surface area contributed by atoms with Crippen molar-refractivity contribution < 1.29 is 31.1 Å². The van der Waals surface area contributed by atoms with E-state index in [0.717, 1.165) is 16.8 Å². The zero-order valence-electron chi connectivity index (χ0n) is 12.4.